The minimum Gasteiger partial charge on any atom is -0.399 e. The van der Waals surface area contributed by atoms with Crippen LogP contribution in [0.1, 0.15) is 22.7 Å². The van der Waals surface area contributed by atoms with Crippen molar-refractivity contribution in [1.82, 2.24) is 14.5 Å². The standard InChI is InChI=1S/C20H17FN4O/c1-26-24-13-18(14-25-11-10-22-15-25)20-9-6-17(12-23-20)3-2-16-4-7-19(21)8-5-16/h4-13,15,18H,14H2,1H3. The number of benzene rings is 1. The Bertz CT molecular complexity index is 907. The van der Waals surface area contributed by atoms with E-state index >= 15 is 0 Å². The molecule has 130 valence electrons. The zero-order chi connectivity index (χ0) is 18.2. The third-order valence-electron chi connectivity index (χ3n) is 3.67. The molecule has 0 saturated heterocycles. The molecule has 2 heterocycles. The fourth-order valence-corrected chi connectivity index (χ4v) is 2.35. The van der Waals surface area contributed by atoms with Crippen LogP contribution in [0.15, 0.2) is 66.5 Å². The van der Waals surface area contributed by atoms with Crippen molar-refractivity contribution in [1.29, 1.82) is 0 Å². The van der Waals surface area contributed by atoms with Gasteiger partial charge >= 0.3 is 0 Å². The summed E-state index contributed by atoms with van der Waals surface area (Å²) in [5.74, 6) is 5.69. The number of hydrogen-bond acceptors (Lipinski definition) is 4. The largest absolute Gasteiger partial charge is 0.399 e. The predicted octanol–water partition coefficient (Wildman–Crippen LogP) is 3.23. The van der Waals surface area contributed by atoms with Gasteiger partial charge in [0.2, 0.25) is 0 Å². The van der Waals surface area contributed by atoms with Gasteiger partial charge in [-0.15, -0.1) is 0 Å². The summed E-state index contributed by atoms with van der Waals surface area (Å²) in [6, 6.07) is 9.89. The molecular weight excluding hydrogens is 331 g/mol. The first-order valence-corrected chi connectivity index (χ1v) is 8.00. The molecule has 0 fully saturated rings. The number of hydrogen-bond donors (Lipinski definition) is 0. The van der Waals surface area contributed by atoms with E-state index in [2.05, 4.69) is 27.0 Å². The zero-order valence-electron chi connectivity index (χ0n) is 14.2. The molecule has 0 N–H and O–H groups in total. The second kappa shape index (κ2) is 8.58. The van der Waals surface area contributed by atoms with Crippen LogP contribution in [0.5, 0.6) is 0 Å². The van der Waals surface area contributed by atoms with E-state index in [4.69, 9.17) is 4.84 Å². The molecule has 26 heavy (non-hydrogen) atoms. The number of rotatable bonds is 5. The molecule has 0 spiro atoms. The van der Waals surface area contributed by atoms with E-state index in [-0.39, 0.29) is 11.7 Å². The van der Waals surface area contributed by atoms with E-state index in [1.807, 2.05) is 22.9 Å². The van der Waals surface area contributed by atoms with E-state index in [9.17, 15) is 4.39 Å². The van der Waals surface area contributed by atoms with Crippen molar-refractivity contribution >= 4 is 6.21 Å². The van der Waals surface area contributed by atoms with Crippen molar-refractivity contribution in [3.05, 3.63) is 84.0 Å². The second-order valence-corrected chi connectivity index (χ2v) is 5.53. The van der Waals surface area contributed by atoms with Crippen molar-refractivity contribution in [2.24, 2.45) is 5.16 Å². The number of halogens is 1. The Morgan fingerprint density at radius 3 is 2.62 bits per heavy atom. The molecule has 1 aromatic carbocycles. The smallest absolute Gasteiger partial charge is 0.123 e. The Balaban J connectivity index is 1.76. The maximum atomic E-state index is 12.9. The SMILES string of the molecule is CON=CC(Cn1ccnc1)c1ccc(C#Cc2ccc(F)cc2)cn1. The molecule has 6 heteroatoms. The normalized spacial score (nSPS) is 11.8. The van der Waals surface area contributed by atoms with E-state index in [1.54, 1.807) is 37.1 Å². The monoisotopic (exact) mass is 348 g/mol. The van der Waals surface area contributed by atoms with Gasteiger partial charge in [0.1, 0.15) is 12.9 Å². The van der Waals surface area contributed by atoms with Crippen molar-refractivity contribution in [3.63, 3.8) is 0 Å². The highest BCUT2D eigenvalue weighted by molar-refractivity contribution is 5.66. The predicted molar refractivity (Wildman–Crippen MR) is 97.1 cm³/mol. The highest BCUT2D eigenvalue weighted by Gasteiger charge is 2.12. The van der Waals surface area contributed by atoms with E-state index in [1.165, 1.54) is 19.2 Å². The third kappa shape index (κ3) is 4.77. The zero-order valence-corrected chi connectivity index (χ0v) is 14.2. The lowest BCUT2D eigenvalue weighted by molar-refractivity contribution is 0.214. The maximum Gasteiger partial charge on any atom is 0.123 e. The fraction of sp³-hybridized carbons (Fsp3) is 0.150. The average Bonchev–Trinajstić information content (AvgIpc) is 3.18. The summed E-state index contributed by atoms with van der Waals surface area (Å²) in [6.45, 7) is 0.653. The van der Waals surface area contributed by atoms with Crippen LogP contribution in [0.4, 0.5) is 4.39 Å². The van der Waals surface area contributed by atoms with Crippen LogP contribution in [-0.4, -0.2) is 27.9 Å². The van der Waals surface area contributed by atoms with Crippen LogP contribution < -0.4 is 0 Å². The quantitative estimate of drug-likeness (QED) is 0.404. The van der Waals surface area contributed by atoms with Gasteiger partial charge in [-0.2, -0.15) is 0 Å². The summed E-state index contributed by atoms with van der Waals surface area (Å²) in [7, 11) is 1.51. The summed E-state index contributed by atoms with van der Waals surface area (Å²) in [6.07, 6.45) is 8.79. The highest BCUT2D eigenvalue weighted by Crippen LogP contribution is 2.14. The van der Waals surface area contributed by atoms with Gasteiger partial charge in [-0.3, -0.25) is 4.98 Å². The highest BCUT2D eigenvalue weighted by atomic mass is 19.1. The Labute approximate surface area is 151 Å². The molecule has 0 radical (unpaired) electrons. The minimum absolute atomic E-state index is 0.0525. The maximum absolute atomic E-state index is 12.9. The lowest BCUT2D eigenvalue weighted by Gasteiger charge is -2.12. The van der Waals surface area contributed by atoms with E-state index in [0.29, 0.717) is 6.54 Å². The lowest BCUT2D eigenvalue weighted by Crippen LogP contribution is -2.11. The molecule has 0 saturated carbocycles. The topological polar surface area (TPSA) is 52.3 Å². The van der Waals surface area contributed by atoms with Crippen molar-refractivity contribution in [2.75, 3.05) is 7.11 Å². The minimum atomic E-state index is -0.275. The average molecular weight is 348 g/mol. The van der Waals surface area contributed by atoms with Crippen LogP contribution in [0.2, 0.25) is 0 Å². The third-order valence-corrected chi connectivity index (χ3v) is 3.67. The van der Waals surface area contributed by atoms with Gasteiger partial charge in [0.25, 0.3) is 0 Å². The Kier molecular flexibility index (Phi) is 5.73. The first-order chi connectivity index (χ1) is 12.7. The number of pyridine rings is 1. The van der Waals surface area contributed by atoms with E-state index < -0.39 is 0 Å². The summed E-state index contributed by atoms with van der Waals surface area (Å²) < 4.78 is 14.9. The van der Waals surface area contributed by atoms with Crippen molar-refractivity contribution in [3.8, 4) is 11.8 Å². The van der Waals surface area contributed by atoms with Crippen molar-refractivity contribution in [2.45, 2.75) is 12.5 Å². The van der Waals surface area contributed by atoms with Crippen molar-refractivity contribution < 1.29 is 9.23 Å². The number of aromatic nitrogens is 3. The van der Waals surface area contributed by atoms with Gasteiger partial charge in [-0.05, 0) is 36.4 Å². The van der Waals surface area contributed by atoms with Gasteiger partial charge in [-0.1, -0.05) is 17.0 Å². The molecule has 0 aliphatic carbocycles. The summed E-state index contributed by atoms with van der Waals surface area (Å²) in [5.41, 5.74) is 2.38. The number of imidazole rings is 1. The van der Waals surface area contributed by atoms with Crippen LogP contribution in [0, 0.1) is 17.7 Å². The molecule has 5 nitrogen and oxygen atoms in total. The van der Waals surface area contributed by atoms with E-state index in [0.717, 1.165) is 16.8 Å². The van der Waals surface area contributed by atoms with Crippen LogP contribution in [-0.2, 0) is 11.4 Å². The molecule has 0 aliphatic heterocycles. The molecule has 1 atom stereocenters. The summed E-state index contributed by atoms with van der Waals surface area (Å²) in [5, 5.41) is 3.88. The summed E-state index contributed by atoms with van der Waals surface area (Å²) >= 11 is 0. The van der Waals surface area contributed by atoms with Gasteiger partial charge in [0.05, 0.1) is 24.2 Å². The van der Waals surface area contributed by atoms with Crippen LogP contribution in [0.25, 0.3) is 0 Å². The molecule has 1 unspecified atom stereocenters. The van der Waals surface area contributed by atoms with Crippen LogP contribution in [0.3, 0.4) is 0 Å². The molecule has 0 amide bonds. The Morgan fingerprint density at radius 1 is 1.19 bits per heavy atom. The first-order valence-electron chi connectivity index (χ1n) is 8.00. The lowest BCUT2D eigenvalue weighted by atomic mass is 10.1. The molecular formula is C20H17FN4O. The Hall–Kier alpha value is -3.46. The Morgan fingerprint density at radius 2 is 1.96 bits per heavy atom. The molecule has 3 aromatic rings. The number of oxime groups is 1. The molecule has 2 aromatic heterocycles. The van der Waals surface area contributed by atoms with Gasteiger partial charge in [0.15, 0.2) is 0 Å². The molecule has 0 bridgehead atoms. The van der Waals surface area contributed by atoms with Crippen LogP contribution >= 0.6 is 0 Å². The summed E-state index contributed by atoms with van der Waals surface area (Å²) in [4.78, 5) is 13.3. The van der Waals surface area contributed by atoms with Gasteiger partial charge in [0, 0.05) is 36.3 Å². The molecule has 0 aliphatic rings. The van der Waals surface area contributed by atoms with Gasteiger partial charge < -0.3 is 9.40 Å². The number of nitrogens with zero attached hydrogens (tertiary/aromatic N) is 4. The molecule has 3 rings (SSSR count). The second-order valence-electron chi connectivity index (χ2n) is 5.53. The fourth-order valence-electron chi connectivity index (χ4n) is 2.35. The first kappa shape index (κ1) is 17.4. The van der Waals surface area contributed by atoms with Gasteiger partial charge in [-0.25, -0.2) is 9.37 Å².